The molecule has 1 aromatic rings. The first-order chi connectivity index (χ1) is 8.70. The minimum absolute atomic E-state index is 0.0240. The summed E-state index contributed by atoms with van der Waals surface area (Å²) in [6.07, 6.45) is 0.878. The van der Waals surface area contributed by atoms with Crippen molar-refractivity contribution in [1.82, 2.24) is 5.32 Å². The predicted molar refractivity (Wildman–Crippen MR) is 70.2 cm³/mol. The van der Waals surface area contributed by atoms with Crippen molar-refractivity contribution in [2.24, 2.45) is 11.7 Å². The molecule has 1 heterocycles. The minimum atomic E-state index is -0.0240. The molecular weight excluding hydrogens is 228 g/mol. The van der Waals surface area contributed by atoms with Crippen LogP contribution < -0.4 is 11.1 Å². The molecule has 3 N–H and O–H groups in total. The Hall–Kier alpha value is -1.39. The Bertz CT molecular complexity index is 420. The van der Waals surface area contributed by atoms with E-state index >= 15 is 0 Å². The summed E-state index contributed by atoms with van der Waals surface area (Å²) in [7, 11) is 0. The van der Waals surface area contributed by atoms with E-state index in [0.29, 0.717) is 24.6 Å². The summed E-state index contributed by atoms with van der Waals surface area (Å²) >= 11 is 0. The molecule has 0 saturated carbocycles. The zero-order chi connectivity index (χ0) is 13.0. The summed E-state index contributed by atoms with van der Waals surface area (Å²) in [5.41, 5.74) is 7.23. The quantitative estimate of drug-likeness (QED) is 0.847. The molecule has 18 heavy (non-hydrogen) atoms. The van der Waals surface area contributed by atoms with Gasteiger partial charge in [-0.25, -0.2) is 0 Å². The van der Waals surface area contributed by atoms with Gasteiger partial charge in [0, 0.05) is 24.8 Å². The summed E-state index contributed by atoms with van der Waals surface area (Å²) in [6, 6.07) is 7.66. The number of hydrogen-bond acceptors (Lipinski definition) is 3. The molecule has 2 unspecified atom stereocenters. The van der Waals surface area contributed by atoms with Crippen LogP contribution in [0.2, 0.25) is 0 Å². The van der Waals surface area contributed by atoms with Crippen LogP contribution in [0.25, 0.3) is 0 Å². The number of ether oxygens (including phenoxy) is 1. The third-order valence-corrected chi connectivity index (χ3v) is 3.38. The second kappa shape index (κ2) is 5.98. The van der Waals surface area contributed by atoms with Gasteiger partial charge < -0.3 is 15.8 Å². The Balaban J connectivity index is 2.02. The number of nitrogens with one attached hydrogen (secondary N) is 1. The monoisotopic (exact) mass is 248 g/mol. The van der Waals surface area contributed by atoms with Crippen LogP contribution in [0.4, 0.5) is 0 Å². The molecule has 0 spiro atoms. The van der Waals surface area contributed by atoms with Crippen molar-refractivity contribution in [3.63, 3.8) is 0 Å². The molecule has 0 bridgehead atoms. The van der Waals surface area contributed by atoms with Crippen molar-refractivity contribution in [3.05, 3.63) is 35.4 Å². The summed E-state index contributed by atoms with van der Waals surface area (Å²) < 4.78 is 5.37. The molecule has 2 atom stereocenters. The van der Waals surface area contributed by atoms with Gasteiger partial charge >= 0.3 is 0 Å². The highest BCUT2D eigenvalue weighted by molar-refractivity contribution is 5.94. The molecule has 1 amide bonds. The largest absolute Gasteiger partial charge is 0.381 e. The highest BCUT2D eigenvalue weighted by Gasteiger charge is 2.23. The fourth-order valence-corrected chi connectivity index (χ4v) is 2.19. The molecule has 2 rings (SSSR count). The van der Waals surface area contributed by atoms with Gasteiger partial charge in [0.2, 0.25) is 0 Å². The maximum atomic E-state index is 12.1. The molecule has 4 heteroatoms. The van der Waals surface area contributed by atoms with Crippen LogP contribution in [0, 0.1) is 5.92 Å². The zero-order valence-corrected chi connectivity index (χ0v) is 10.7. The van der Waals surface area contributed by atoms with Crippen LogP contribution in [-0.4, -0.2) is 25.2 Å². The van der Waals surface area contributed by atoms with Gasteiger partial charge in [0.05, 0.1) is 6.61 Å². The number of carbonyl (C=O) groups is 1. The van der Waals surface area contributed by atoms with Crippen LogP contribution in [-0.2, 0) is 11.3 Å². The first-order valence-electron chi connectivity index (χ1n) is 6.38. The molecule has 98 valence electrons. The molecule has 1 fully saturated rings. The third kappa shape index (κ3) is 3.09. The number of nitrogens with two attached hydrogens (primary N) is 1. The highest BCUT2D eigenvalue weighted by atomic mass is 16.5. The standard InChI is InChI=1S/C14H20N2O2/c1-10-9-18-6-5-13(10)16-14(17)12-4-2-3-11(7-12)8-15/h2-4,7,10,13H,5-6,8-9,15H2,1H3,(H,16,17). The smallest absolute Gasteiger partial charge is 0.251 e. The molecule has 4 nitrogen and oxygen atoms in total. The first-order valence-corrected chi connectivity index (χ1v) is 6.38. The molecule has 0 radical (unpaired) electrons. The van der Waals surface area contributed by atoms with E-state index in [9.17, 15) is 4.79 Å². The van der Waals surface area contributed by atoms with E-state index in [4.69, 9.17) is 10.5 Å². The van der Waals surface area contributed by atoms with E-state index in [1.165, 1.54) is 0 Å². The summed E-state index contributed by atoms with van der Waals surface area (Å²) in [6.45, 7) is 3.99. The number of rotatable bonds is 3. The average Bonchev–Trinajstić information content (AvgIpc) is 2.41. The lowest BCUT2D eigenvalue weighted by molar-refractivity contribution is 0.0375. The molecule has 1 aliphatic rings. The highest BCUT2D eigenvalue weighted by Crippen LogP contribution is 2.15. The Labute approximate surface area is 108 Å². The van der Waals surface area contributed by atoms with Crippen LogP contribution in [0.15, 0.2) is 24.3 Å². The molecule has 1 aliphatic heterocycles. The summed E-state index contributed by atoms with van der Waals surface area (Å²) in [4.78, 5) is 12.1. The van der Waals surface area contributed by atoms with Crippen molar-refractivity contribution in [2.75, 3.05) is 13.2 Å². The Kier molecular flexibility index (Phi) is 4.33. The Morgan fingerprint density at radius 1 is 1.56 bits per heavy atom. The predicted octanol–water partition coefficient (Wildman–Crippen LogP) is 1.30. The number of benzene rings is 1. The average molecular weight is 248 g/mol. The fraction of sp³-hybridized carbons (Fsp3) is 0.500. The third-order valence-electron chi connectivity index (χ3n) is 3.38. The Morgan fingerprint density at radius 2 is 2.39 bits per heavy atom. The van der Waals surface area contributed by atoms with Crippen molar-refractivity contribution in [2.45, 2.75) is 25.9 Å². The minimum Gasteiger partial charge on any atom is -0.381 e. The van der Waals surface area contributed by atoms with Gasteiger partial charge in [-0.3, -0.25) is 4.79 Å². The van der Waals surface area contributed by atoms with Crippen LogP contribution in [0.5, 0.6) is 0 Å². The second-order valence-electron chi connectivity index (χ2n) is 4.83. The number of carbonyl (C=O) groups excluding carboxylic acids is 1. The van der Waals surface area contributed by atoms with Crippen molar-refractivity contribution in [1.29, 1.82) is 0 Å². The number of hydrogen-bond donors (Lipinski definition) is 2. The van der Waals surface area contributed by atoms with Gasteiger partial charge in [-0.2, -0.15) is 0 Å². The van der Waals surface area contributed by atoms with Gasteiger partial charge in [0.15, 0.2) is 0 Å². The summed E-state index contributed by atoms with van der Waals surface area (Å²) in [5, 5.41) is 3.08. The normalized spacial score (nSPS) is 23.7. The lowest BCUT2D eigenvalue weighted by Crippen LogP contribution is -2.44. The SMILES string of the molecule is CC1COCCC1NC(=O)c1cccc(CN)c1. The maximum Gasteiger partial charge on any atom is 0.251 e. The van der Waals surface area contributed by atoms with E-state index in [1.807, 2.05) is 24.3 Å². The molecule has 1 aromatic carbocycles. The molecule has 0 aromatic heterocycles. The van der Waals surface area contributed by atoms with E-state index < -0.39 is 0 Å². The first kappa shape index (κ1) is 13.1. The zero-order valence-electron chi connectivity index (χ0n) is 10.7. The van der Waals surface area contributed by atoms with Crippen LogP contribution >= 0.6 is 0 Å². The van der Waals surface area contributed by atoms with E-state index in [0.717, 1.165) is 18.6 Å². The van der Waals surface area contributed by atoms with Crippen molar-refractivity contribution < 1.29 is 9.53 Å². The van der Waals surface area contributed by atoms with Crippen molar-refractivity contribution in [3.8, 4) is 0 Å². The van der Waals surface area contributed by atoms with Crippen molar-refractivity contribution >= 4 is 5.91 Å². The van der Waals surface area contributed by atoms with Gasteiger partial charge in [-0.1, -0.05) is 19.1 Å². The fourth-order valence-electron chi connectivity index (χ4n) is 2.19. The second-order valence-corrected chi connectivity index (χ2v) is 4.83. The molecule has 0 aliphatic carbocycles. The molecule has 1 saturated heterocycles. The van der Waals surface area contributed by atoms with Gasteiger partial charge in [0.25, 0.3) is 5.91 Å². The lowest BCUT2D eigenvalue weighted by Gasteiger charge is -2.29. The van der Waals surface area contributed by atoms with E-state index in [-0.39, 0.29) is 11.9 Å². The van der Waals surface area contributed by atoms with Crippen LogP contribution in [0.3, 0.4) is 0 Å². The van der Waals surface area contributed by atoms with Gasteiger partial charge in [-0.05, 0) is 30.0 Å². The van der Waals surface area contributed by atoms with E-state index in [2.05, 4.69) is 12.2 Å². The van der Waals surface area contributed by atoms with Crippen LogP contribution in [0.1, 0.15) is 29.3 Å². The van der Waals surface area contributed by atoms with Gasteiger partial charge in [0.1, 0.15) is 0 Å². The Morgan fingerprint density at radius 3 is 3.11 bits per heavy atom. The lowest BCUT2D eigenvalue weighted by atomic mass is 9.97. The molecular formula is C14H20N2O2. The van der Waals surface area contributed by atoms with E-state index in [1.54, 1.807) is 0 Å². The maximum absolute atomic E-state index is 12.1. The number of amides is 1. The summed E-state index contributed by atoms with van der Waals surface area (Å²) in [5.74, 6) is 0.337. The van der Waals surface area contributed by atoms with Gasteiger partial charge in [-0.15, -0.1) is 0 Å². The topological polar surface area (TPSA) is 64.3 Å².